The van der Waals surface area contributed by atoms with Crippen LogP contribution in [0.25, 0.3) is 11.1 Å². The van der Waals surface area contributed by atoms with E-state index in [0.29, 0.717) is 12.0 Å². The van der Waals surface area contributed by atoms with Gasteiger partial charge in [-0.1, -0.05) is 42.8 Å². The van der Waals surface area contributed by atoms with Gasteiger partial charge >= 0.3 is 5.97 Å². The number of carbonyl (C=O) groups excluding carboxylic acids is 2. The lowest BCUT2D eigenvalue weighted by Crippen LogP contribution is -2.12. The number of Topliss-reactive ketones (excluding diaryl/α,β-unsaturated/α-hetero) is 1. The second-order valence-corrected chi connectivity index (χ2v) is 6.37. The summed E-state index contributed by atoms with van der Waals surface area (Å²) in [6.07, 6.45) is 1.71. The third kappa shape index (κ3) is 5.53. The largest absolute Gasteiger partial charge is 0.335 e. The summed E-state index contributed by atoms with van der Waals surface area (Å²) in [5.41, 5.74) is 0.00856. The number of oxime groups is 1. The van der Waals surface area contributed by atoms with Gasteiger partial charge in [-0.05, 0) is 25.0 Å². The van der Waals surface area contributed by atoms with Gasteiger partial charge in [0.15, 0.2) is 0 Å². The molecule has 0 saturated heterocycles. The summed E-state index contributed by atoms with van der Waals surface area (Å²) in [5.74, 6) is -0.993. The number of benzene rings is 2. The summed E-state index contributed by atoms with van der Waals surface area (Å²) in [4.78, 5) is 49.3. The first-order valence-corrected chi connectivity index (χ1v) is 9.07. The summed E-state index contributed by atoms with van der Waals surface area (Å²) >= 11 is 0. The van der Waals surface area contributed by atoms with Gasteiger partial charge in [-0.25, -0.2) is 4.79 Å². The highest BCUT2D eigenvalue weighted by Gasteiger charge is 2.21. The Hall–Kier alpha value is -3.95. The average Bonchev–Trinajstić information content (AvgIpc) is 2.75. The van der Waals surface area contributed by atoms with Crippen molar-refractivity contribution in [2.45, 2.75) is 33.1 Å². The fourth-order valence-electron chi connectivity index (χ4n) is 2.57. The highest BCUT2D eigenvalue weighted by Crippen LogP contribution is 2.33. The Morgan fingerprint density at radius 1 is 1.03 bits per heavy atom. The Morgan fingerprint density at radius 3 is 2.27 bits per heavy atom. The molecule has 0 aliphatic heterocycles. The van der Waals surface area contributed by atoms with Crippen LogP contribution in [0.1, 0.15) is 43.5 Å². The van der Waals surface area contributed by atoms with Crippen LogP contribution in [0.2, 0.25) is 0 Å². The van der Waals surface area contributed by atoms with Gasteiger partial charge in [-0.2, -0.15) is 0 Å². The molecule has 0 amide bonds. The van der Waals surface area contributed by atoms with E-state index >= 15 is 0 Å². The van der Waals surface area contributed by atoms with E-state index in [4.69, 9.17) is 4.84 Å². The van der Waals surface area contributed by atoms with Crippen molar-refractivity contribution in [3.05, 3.63) is 68.3 Å². The number of unbranched alkanes of at least 4 members (excludes halogenated alkanes) is 1. The number of rotatable bonds is 9. The standard InChI is InChI=1S/C20H19N3O7/c1-3-4-5-19(24)30-21-13(2)20(25)15-8-6-14(7-9-15)17-11-10-16(22(26)27)12-18(17)23(28)29/h6-12H,3-5H2,1-2H3/b21-13-. The van der Waals surface area contributed by atoms with Crippen molar-refractivity contribution >= 4 is 28.8 Å². The van der Waals surface area contributed by atoms with Crippen LogP contribution < -0.4 is 0 Å². The van der Waals surface area contributed by atoms with Crippen molar-refractivity contribution < 1.29 is 24.3 Å². The summed E-state index contributed by atoms with van der Waals surface area (Å²) in [6.45, 7) is 3.34. The van der Waals surface area contributed by atoms with Gasteiger partial charge in [-0.3, -0.25) is 25.0 Å². The summed E-state index contributed by atoms with van der Waals surface area (Å²) in [6, 6.07) is 9.21. The van der Waals surface area contributed by atoms with Crippen LogP contribution in [0.4, 0.5) is 11.4 Å². The molecule has 10 heteroatoms. The molecule has 0 radical (unpaired) electrons. The van der Waals surface area contributed by atoms with E-state index in [-0.39, 0.29) is 23.3 Å². The zero-order valence-corrected chi connectivity index (χ0v) is 16.4. The SMILES string of the molecule is CCCCC(=O)O/N=C(/C)C(=O)c1ccc(-c2ccc([N+](=O)[O-])cc2[N+](=O)[O-])cc1. The van der Waals surface area contributed by atoms with E-state index in [9.17, 15) is 29.8 Å². The maximum atomic E-state index is 12.4. The predicted octanol–water partition coefficient (Wildman–Crippen LogP) is 4.46. The fourth-order valence-corrected chi connectivity index (χ4v) is 2.57. The molecule has 0 aliphatic carbocycles. The first-order chi connectivity index (χ1) is 14.2. The quantitative estimate of drug-likeness (QED) is 0.194. The molecule has 10 nitrogen and oxygen atoms in total. The molecular weight excluding hydrogens is 394 g/mol. The lowest BCUT2D eigenvalue weighted by molar-refractivity contribution is -0.393. The van der Waals surface area contributed by atoms with Crippen molar-refractivity contribution in [2.24, 2.45) is 5.16 Å². The molecule has 30 heavy (non-hydrogen) atoms. The molecule has 2 rings (SSSR count). The number of hydrogen-bond donors (Lipinski definition) is 0. The topological polar surface area (TPSA) is 142 Å². The van der Waals surface area contributed by atoms with E-state index in [0.717, 1.165) is 12.5 Å². The molecule has 2 aromatic carbocycles. The zero-order chi connectivity index (χ0) is 22.3. The van der Waals surface area contributed by atoms with Crippen molar-refractivity contribution in [1.82, 2.24) is 0 Å². The number of hydrogen-bond acceptors (Lipinski definition) is 8. The molecule has 0 fully saturated rings. The third-order valence-electron chi connectivity index (χ3n) is 4.19. The second-order valence-electron chi connectivity index (χ2n) is 6.37. The lowest BCUT2D eigenvalue weighted by atomic mass is 9.99. The molecule has 0 N–H and O–H groups in total. The van der Waals surface area contributed by atoms with Gasteiger partial charge in [0, 0.05) is 18.1 Å². The van der Waals surface area contributed by atoms with E-state index in [1.54, 1.807) is 0 Å². The molecular formula is C20H19N3O7. The van der Waals surface area contributed by atoms with E-state index in [2.05, 4.69) is 5.16 Å². The first-order valence-electron chi connectivity index (χ1n) is 9.07. The summed E-state index contributed by atoms with van der Waals surface area (Å²) < 4.78 is 0. The molecule has 0 saturated carbocycles. The van der Waals surface area contributed by atoms with Crippen molar-refractivity contribution in [3.8, 4) is 11.1 Å². The number of nitro groups is 2. The van der Waals surface area contributed by atoms with Crippen molar-refractivity contribution in [2.75, 3.05) is 0 Å². The lowest BCUT2D eigenvalue weighted by Gasteiger charge is -2.05. The smallest absolute Gasteiger partial charge is 0.318 e. The Balaban J connectivity index is 2.22. The van der Waals surface area contributed by atoms with Gasteiger partial charge in [0.05, 0.1) is 21.5 Å². The minimum Gasteiger partial charge on any atom is -0.318 e. The Morgan fingerprint density at radius 2 is 1.70 bits per heavy atom. The van der Waals surface area contributed by atoms with Gasteiger partial charge in [0.1, 0.15) is 5.71 Å². The summed E-state index contributed by atoms with van der Waals surface area (Å²) in [5, 5.41) is 25.7. The molecule has 0 atom stereocenters. The first kappa shape index (κ1) is 22.3. The maximum Gasteiger partial charge on any atom is 0.335 e. The number of ketones is 1. The predicted molar refractivity (Wildman–Crippen MR) is 108 cm³/mol. The van der Waals surface area contributed by atoms with E-state index < -0.39 is 33.0 Å². The third-order valence-corrected chi connectivity index (χ3v) is 4.19. The minimum absolute atomic E-state index is 0.0195. The van der Waals surface area contributed by atoms with E-state index in [1.807, 2.05) is 6.92 Å². The second kappa shape index (κ2) is 10.0. The highest BCUT2D eigenvalue weighted by molar-refractivity contribution is 6.45. The van der Waals surface area contributed by atoms with Gasteiger partial charge in [0.2, 0.25) is 5.78 Å². The summed E-state index contributed by atoms with van der Waals surface area (Å²) in [7, 11) is 0. The van der Waals surface area contributed by atoms with Crippen LogP contribution in [-0.4, -0.2) is 27.3 Å². The van der Waals surface area contributed by atoms with Gasteiger partial charge in [-0.15, -0.1) is 0 Å². The molecule has 0 spiro atoms. The average molecular weight is 413 g/mol. The van der Waals surface area contributed by atoms with Crippen LogP contribution in [-0.2, 0) is 9.63 Å². The number of nitro benzene ring substituents is 2. The normalized spacial score (nSPS) is 11.1. The highest BCUT2D eigenvalue weighted by atomic mass is 16.7. The number of nitrogens with zero attached hydrogens (tertiary/aromatic N) is 3. The molecule has 156 valence electrons. The van der Waals surface area contributed by atoms with Crippen LogP contribution in [0, 0.1) is 20.2 Å². The minimum atomic E-state index is -0.713. The van der Waals surface area contributed by atoms with E-state index in [1.165, 1.54) is 43.3 Å². The van der Waals surface area contributed by atoms with Crippen LogP contribution in [0.3, 0.4) is 0 Å². The number of carbonyl (C=O) groups is 2. The van der Waals surface area contributed by atoms with Crippen molar-refractivity contribution in [1.29, 1.82) is 0 Å². The van der Waals surface area contributed by atoms with Crippen molar-refractivity contribution in [3.63, 3.8) is 0 Å². The number of non-ortho nitro benzene ring substituents is 1. The zero-order valence-electron chi connectivity index (χ0n) is 16.4. The fraction of sp³-hybridized carbons (Fsp3) is 0.250. The molecule has 0 aromatic heterocycles. The molecule has 0 unspecified atom stereocenters. The monoisotopic (exact) mass is 413 g/mol. The van der Waals surface area contributed by atoms with Crippen LogP contribution in [0.5, 0.6) is 0 Å². The molecule has 0 heterocycles. The molecule has 2 aromatic rings. The Labute approximate surface area is 171 Å². The Bertz CT molecular complexity index is 1010. The van der Waals surface area contributed by atoms with Gasteiger partial charge in [0.25, 0.3) is 11.4 Å². The van der Waals surface area contributed by atoms with Gasteiger partial charge < -0.3 is 4.84 Å². The molecule has 0 bridgehead atoms. The Kier molecular flexibility index (Phi) is 7.45. The maximum absolute atomic E-state index is 12.4. The van der Waals surface area contributed by atoms with Crippen LogP contribution in [0.15, 0.2) is 47.6 Å². The molecule has 0 aliphatic rings. The van der Waals surface area contributed by atoms with Crippen LogP contribution >= 0.6 is 0 Å².